The fourth-order valence-electron chi connectivity index (χ4n) is 1.57. The Kier molecular flexibility index (Phi) is 5.03. The number of rotatable bonds is 4. The molecule has 0 fully saturated rings. The van der Waals surface area contributed by atoms with Gasteiger partial charge < -0.3 is 10.4 Å². The largest absolute Gasteiger partial charge is 0.392 e. The minimum absolute atomic E-state index is 0.0950. The monoisotopic (exact) mass is 417 g/mol. The number of anilines is 1. The zero-order valence-electron chi connectivity index (χ0n) is 9.66. The summed E-state index contributed by atoms with van der Waals surface area (Å²) in [5, 5.41) is 12.3. The number of aliphatic hydroxyl groups excluding tert-OH is 1. The number of aliphatic hydroxyl groups is 1. The van der Waals surface area contributed by atoms with Crippen LogP contribution in [0.4, 0.5) is 5.69 Å². The van der Waals surface area contributed by atoms with Crippen molar-refractivity contribution in [2.45, 2.75) is 13.2 Å². The zero-order chi connectivity index (χ0) is 13.0. The highest BCUT2D eigenvalue weighted by molar-refractivity contribution is 14.1. The molecule has 0 aliphatic heterocycles. The van der Waals surface area contributed by atoms with Crippen molar-refractivity contribution in [1.29, 1.82) is 0 Å². The number of halogens is 2. The fourth-order valence-corrected chi connectivity index (χ4v) is 2.29. The van der Waals surface area contributed by atoms with Crippen molar-refractivity contribution in [2.24, 2.45) is 0 Å². The summed E-state index contributed by atoms with van der Waals surface area (Å²) in [4.78, 5) is 0. The normalized spacial score (nSPS) is 10.4. The van der Waals surface area contributed by atoms with Crippen molar-refractivity contribution in [3.63, 3.8) is 0 Å². The van der Waals surface area contributed by atoms with Gasteiger partial charge in [0.15, 0.2) is 0 Å². The van der Waals surface area contributed by atoms with Crippen LogP contribution in [0.15, 0.2) is 46.9 Å². The van der Waals surface area contributed by atoms with Crippen LogP contribution in [0.25, 0.3) is 0 Å². The molecule has 18 heavy (non-hydrogen) atoms. The molecule has 2 aromatic rings. The average molecular weight is 418 g/mol. The molecule has 0 spiro atoms. The average Bonchev–Trinajstić information content (AvgIpc) is 2.41. The van der Waals surface area contributed by atoms with Crippen LogP contribution in [-0.2, 0) is 13.2 Å². The molecule has 0 amide bonds. The summed E-state index contributed by atoms with van der Waals surface area (Å²) in [6.07, 6.45) is 0. The molecule has 0 aliphatic carbocycles. The van der Waals surface area contributed by atoms with E-state index in [1.54, 1.807) is 0 Å². The number of benzene rings is 2. The van der Waals surface area contributed by atoms with Gasteiger partial charge in [-0.1, -0.05) is 24.3 Å². The molecule has 0 unspecified atom stereocenters. The number of hydrogen-bond donors (Lipinski definition) is 2. The summed E-state index contributed by atoms with van der Waals surface area (Å²) in [6, 6.07) is 14.2. The van der Waals surface area contributed by atoms with E-state index in [2.05, 4.69) is 62.0 Å². The van der Waals surface area contributed by atoms with E-state index in [0.29, 0.717) is 0 Å². The lowest BCUT2D eigenvalue weighted by Crippen LogP contribution is -1.99. The van der Waals surface area contributed by atoms with E-state index in [4.69, 9.17) is 5.11 Å². The maximum Gasteiger partial charge on any atom is 0.0681 e. The fraction of sp³-hybridized carbons (Fsp3) is 0.143. The lowest BCUT2D eigenvalue weighted by Gasteiger charge is -2.08. The van der Waals surface area contributed by atoms with Crippen LogP contribution in [0.1, 0.15) is 11.1 Å². The summed E-state index contributed by atoms with van der Waals surface area (Å²) in [6.45, 7) is 0.872. The van der Waals surface area contributed by atoms with Crippen molar-refractivity contribution in [2.75, 3.05) is 5.32 Å². The van der Waals surface area contributed by atoms with Crippen LogP contribution >= 0.6 is 38.5 Å². The molecular formula is C14H13BrINO. The van der Waals surface area contributed by atoms with E-state index in [-0.39, 0.29) is 6.61 Å². The van der Waals surface area contributed by atoms with Gasteiger partial charge in [0.2, 0.25) is 0 Å². The molecule has 2 rings (SSSR count). The van der Waals surface area contributed by atoms with Gasteiger partial charge in [0.1, 0.15) is 0 Å². The van der Waals surface area contributed by atoms with Crippen LogP contribution < -0.4 is 5.32 Å². The minimum Gasteiger partial charge on any atom is -0.392 e. The highest BCUT2D eigenvalue weighted by atomic mass is 127. The minimum atomic E-state index is 0.0950. The van der Waals surface area contributed by atoms with Gasteiger partial charge in [-0.2, -0.15) is 0 Å². The standard InChI is InChI=1S/C14H13BrINO/c15-13-7-12(5-6-14(13)16)17-8-10-1-3-11(9-18)4-2-10/h1-7,17-18H,8-9H2. The summed E-state index contributed by atoms with van der Waals surface area (Å²) in [5.41, 5.74) is 3.23. The first-order valence-corrected chi connectivity index (χ1v) is 7.44. The molecule has 0 bridgehead atoms. The van der Waals surface area contributed by atoms with Gasteiger partial charge >= 0.3 is 0 Å². The third-order valence-corrected chi connectivity index (χ3v) is 4.96. The SMILES string of the molecule is OCc1ccc(CNc2ccc(I)c(Br)c2)cc1. The molecule has 0 radical (unpaired) electrons. The summed E-state index contributed by atoms with van der Waals surface area (Å²) in [7, 11) is 0. The van der Waals surface area contributed by atoms with E-state index >= 15 is 0 Å². The summed E-state index contributed by atoms with van der Waals surface area (Å²) < 4.78 is 2.30. The van der Waals surface area contributed by atoms with E-state index in [9.17, 15) is 0 Å². The van der Waals surface area contributed by atoms with Crippen LogP contribution in [-0.4, -0.2) is 5.11 Å². The van der Waals surface area contributed by atoms with E-state index < -0.39 is 0 Å². The smallest absolute Gasteiger partial charge is 0.0681 e. The Bertz CT molecular complexity index is 528. The third kappa shape index (κ3) is 3.70. The maximum atomic E-state index is 8.97. The molecule has 2 N–H and O–H groups in total. The Morgan fingerprint density at radius 2 is 1.72 bits per heavy atom. The van der Waals surface area contributed by atoms with Gasteiger partial charge in [0.05, 0.1) is 6.61 Å². The summed E-state index contributed by atoms with van der Waals surface area (Å²) >= 11 is 5.81. The topological polar surface area (TPSA) is 32.3 Å². The molecule has 2 nitrogen and oxygen atoms in total. The van der Waals surface area contributed by atoms with Gasteiger partial charge in [-0.05, 0) is 67.8 Å². The predicted molar refractivity (Wildman–Crippen MR) is 86.6 cm³/mol. The van der Waals surface area contributed by atoms with Crippen molar-refractivity contribution in [1.82, 2.24) is 0 Å². The second-order valence-corrected chi connectivity index (χ2v) is 5.97. The molecule has 94 valence electrons. The second kappa shape index (κ2) is 6.54. The maximum absolute atomic E-state index is 8.97. The van der Waals surface area contributed by atoms with Crippen LogP contribution in [0, 0.1) is 3.57 Å². The van der Waals surface area contributed by atoms with Gasteiger partial charge in [0, 0.05) is 20.3 Å². The molecule has 0 saturated heterocycles. The van der Waals surface area contributed by atoms with Crippen molar-refractivity contribution in [3.8, 4) is 0 Å². The first-order chi connectivity index (χ1) is 8.69. The Balaban J connectivity index is 1.99. The summed E-state index contributed by atoms with van der Waals surface area (Å²) in [5.74, 6) is 0. The molecule has 2 aromatic carbocycles. The Morgan fingerprint density at radius 3 is 2.33 bits per heavy atom. The first kappa shape index (κ1) is 13.8. The quantitative estimate of drug-likeness (QED) is 0.732. The van der Waals surface area contributed by atoms with Crippen molar-refractivity contribution in [3.05, 3.63) is 61.6 Å². The van der Waals surface area contributed by atoms with Crippen LogP contribution in [0.2, 0.25) is 0 Å². The molecule has 0 atom stereocenters. The number of nitrogens with one attached hydrogen (secondary N) is 1. The Hall–Kier alpha value is -0.590. The van der Waals surface area contributed by atoms with Gasteiger partial charge in [-0.25, -0.2) is 0 Å². The highest BCUT2D eigenvalue weighted by Gasteiger charge is 1.99. The highest BCUT2D eigenvalue weighted by Crippen LogP contribution is 2.23. The van der Waals surface area contributed by atoms with Crippen molar-refractivity contribution < 1.29 is 5.11 Å². The van der Waals surface area contributed by atoms with Gasteiger partial charge in [-0.3, -0.25) is 0 Å². The molecule has 0 aliphatic rings. The third-order valence-electron chi connectivity index (χ3n) is 2.62. The van der Waals surface area contributed by atoms with Crippen LogP contribution in [0.3, 0.4) is 0 Å². The van der Waals surface area contributed by atoms with E-state index in [1.807, 2.05) is 24.3 Å². The van der Waals surface area contributed by atoms with Gasteiger partial charge in [-0.15, -0.1) is 0 Å². The lowest BCUT2D eigenvalue weighted by atomic mass is 10.1. The van der Waals surface area contributed by atoms with Gasteiger partial charge in [0.25, 0.3) is 0 Å². The zero-order valence-corrected chi connectivity index (χ0v) is 13.4. The Labute approximate surface area is 129 Å². The molecule has 0 aromatic heterocycles. The van der Waals surface area contributed by atoms with E-state index in [1.165, 1.54) is 9.13 Å². The molecule has 0 saturated carbocycles. The lowest BCUT2D eigenvalue weighted by molar-refractivity contribution is 0.282. The van der Waals surface area contributed by atoms with Crippen molar-refractivity contribution >= 4 is 44.2 Å². The molecule has 4 heteroatoms. The molecular weight excluding hydrogens is 405 g/mol. The molecule has 0 heterocycles. The first-order valence-electron chi connectivity index (χ1n) is 5.56. The van der Waals surface area contributed by atoms with E-state index in [0.717, 1.165) is 22.3 Å². The second-order valence-electron chi connectivity index (χ2n) is 3.96. The number of hydrogen-bond acceptors (Lipinski definition) is 2. The van der Waals surface area contributed by atoms with Crippen LogP contribution in [0.5, 0.6) is 0 Å². The predicted octanol–water partition coefficient (Wildman–Crippen LogP) is 4.16. The Morgan fingerprint density at radius 1 is 1.06 bits per heavy atom.